The Balaban J connectivity index is 3.39. The number of nitrogens with two attached hydrogens (primary N) is 1. The number of hydrogen-bond acceptors (Lipinski definition) is 3. The van der Waals surface area contributed by atoms with Crippen molar-refractivity contribution in [2.24, 2.45) is 11.7 Å². The van der Waals surface area contributed by atoms with Crippen molar-refractivity contribution < 1.29 is 4.79 Å². The van der Waals surface area contributed by atoms with Gasteiger partial charge in [0, 0.05) is 19.5 Å². The van der Waals surface area contributed by atoms with Crippen LogP contribution in [0, 0.1) is 17.2 Å². The van der Waals surface area contributed by atoms with Crippen LogP contribution in [0.25, 0.3) is 0 Å². The van der Waals surface area contributed by atoms with E-state index in [0.717, 1.165) is 0 Å². The highest BCUT2D eigenvalue weighted by Gasteiger charge is 2.02. The van der Waals surface area contributed by atoms with Crippen LogP contribution in [0.3, 0.4) is 0 Å². The minimum absolute atomic E-state index is 0.0883. The fraction of sp³-hybridized carbons (Fsp3) is 0.714. The van der Waals surface area contributed by atoms with Gasteiger partial charge in [-0.1, -0.05) is 0 Å². The Hall–Kier alpha value is -1.08. The van der Waals surface area contributed by atoms with Crippen LogP contribution in [0.2, 0.25) is 0 Å². The van der Waals surface area contributed by atoms with Crippen molar-refractivity contribution in [1.82, 2.24) is 5.32 Å². The minimum Gasteiger partial charge on any atom is -0.355 e. The van der Waals surface area contributed by atoms with Crippen LogP contribution in [0.5, 0.6) is 0 Å². The molecule has 0 saturated heterocycles. The van der Waals surface area contributed by atoms with Gasteiger partial charge < -0.3 is 11.1 Å². The molecular formula is C7H13N3O. The number of carbonyl (C=O) groups is 1. The van der Waals surface area contributed by atoms with Gasteiger partial charge >= 0.3 is 0 Å². The molecule has 0 aliphatic carbocycles. The lowest BCUT2D eigenvalue weighted by Gasteiger charge is -2.03. The van der Waals surface area contributed by atoms with E-state index >= 15 is 0 Å². The smallest absolute Gasteiger partial charge is 0.221 e. The van der Waals surface area contributed by atoms with Crippen molar-refractivity contribution in [3.05, 3.63) is 0 Å². The summed E-state index contributed by atoms with van der Waals surface area (Å²) in [6.07, 6.45) is 0.331. The second-order valence-electron chi connectivity index (χ2n) is 2.37. The molecule has 0 rings (SSSR count). The number of hydrogen-bond donors (Lipinski definition) is 2. The van der Waals surface area contributed by atoms with Crippen LogP contribution in [0.1, 0.15) is 13.3 Å². The zero-order chi connectivity index (χ0) is 8.69. The van der Waals surface area contributed by atoms with Gasteiger partial charge in [-0.25, -0.2) is 0 Å². The summed E-state index contributed by atoms with van der Waals surface area (Å²) in [4.78, 5) is 10.8. The van der Waals surface area contributed by atoms with Gasteiger partial charge in [0.05, 0.1) is 12.0 Å². The summed E-state index contributed by atoms with van der Waals surface area (Å²) in [6.45, 7) is 2.52. The molecule has 0 saturated carbocycles. The number of nitriles is 1. The second kappa shape index (κ2) is 5.69. The molecule has 3 N–H and O–H groups in total. The van der Waals surface area contributed by atoms with Gasteiger partial charge in [-0.3, -0.25) is 4.79 Å². The molecular weight excluding hydrogens is 142 g/mol. The summed E-state index contributed by atoms with van der Waals surface area (Å²) < 4.78 is 0. The van der Waals surface area contributed by atoms with Gasteiger partial charge in [0.1, 0.15) is 0 Å². The predicted molar refractivity (Wildman–Crippen MR) is 41.5 cm³/mol. The van der Waals surface area contributed by atoms with Gasteiger partial charge in [-0.05, 0) is 6.92 Å². The van der Waals surface area contributed by atoms with E-state index in [9.17, 15) is 4.79 Å². The molecule has 11 heavy (non-hydrogen) atoms. The lowest BCUT2D eigenvalue weighted by molar-refractivity contribution is -0.120. The zero-order valence-electron chi connectivity index (χ0n) is 6.63. The van der Waals surface area contributed by atoms with Gasteiger partial charge in [0.15, 0.2) is 0 Å². The second-order valence-corrected chi connectivity index (χ2v) is 2.37. The van der Waals surface area contributed by atoms with Gasteiger partial charge in [-0.15, -0.1) is 0 Å². The molecule has 0 heterocycles. The largest absolute Gasteiger partial charge is 0.355 e. The lowest BCUT2D eigenvalue weighted by Crippen LogP contribution is -2.29. The van der Waals surface area contributed by atoms with E-state index < -0.39 is 0 Å². The molecule has 62 valence electrons. The van der Waals surface area contributed by atoms with Crippen molar-refractivity contribution in [1.29, 1.82) is 5.26 Å². The molecule has 1 amide bonds. The average Bonchev–Trinajstić information content (AvgIpc) is 2.01. The summed E-state index contributed by atoms with van der Waals surface area (Å²) in [6, 6.07) is 2.02. The quantitative estimate of drug-likeness (QED) is 0.580. The predicted octanol–water partition coefficient (Wildman–Crippen LogP) is -0.389. The third kappa shape index (κ3) is 5.37. The minimum atomic E-state index is -0.128. The Bertz CT molecular complexity index is 162. The van der Waals surface area contributed by atoms with Crippen molar-refractivity contribution in [2.45, 2.75) is 13.3 Å². The lowest BCUT2D eigenvalue weighted by atomic mass is 10.2. The Morgan fingerprint density at radius 2 is 2.45 bits per heavy atom. The standard InChI is InChI=1S/C7H13N3O/c1-6(4-9)5-10-7(11)2-3-8/h6H,2-3,5,8H2,1H3,(H,10,11). The average molecular weight is 155 g/mol. The van der Waals surface area contributed by atoms with Crippen molar-refractivity contribution in [3.8, 4) is 6.07 Å². The van der Waals surface area contributed by atoms with Crippen LogP contribution in [-0.4, -0.2) is 19.0 Å². The topological polar surface area (TPSA) is 78.9 Å². The first-order chi connectivity index (χ1) is 5.20. The summed E-state index contributed by atoms with van der Waals surface area (Å²) in [5.41, 5.74) is 5.14. The number of nitrogens with one attached hydrogen (secondary N) is 1. The SMILES string of the molecule is CC(C#N)CNC(=O)CCN. The van der Waals surface area contributed by atoms with E-state index in [1.807, 2.05) is 6.07 Å². The number of amides is 1. The zero-order valence-corrected chi connectivity index (χ0v) is 6.63. The maximum absolute atomic E-state index is 10.8. The Morgan fingerprint density at radius 3 is 2.91 bits per heavy atom. The summed E-state index contributed by atoms with van der Waals surface area (Å²) in [5.74, 6) is -0.216. The molecule has 1 unspecified atom stereocenters. The third-order valence-electron chi connectivity index (χ3n) is 1.20. The molecule has 0 radical (unpaired) electrons. The first-order valence-electron chi connectivity index (χ1n) is 3.57. The molecule has 0 aromatic carbocycles. The van der Waals surface area contributed by atoms with Crippen LogP contribution in [0.4, 0.5) is 0 Å². The van der Waals surface area contributed by atoms with E-state index in [1.54, 1.807) is 6.92 Å². The van der Waals surface area contributed by atoms with Crippen molar-refractivity contribution in [3.63, 3.8) is 0 Å². The molecule has 0 aliphatic rings. The van der Waals surface area contributed by atoms with Crippen molar-refractivity contribution >= 4 is 5.91 Å². The Kier molecular flexibility index (Phi) is 5.13. The molecule has 0 fully saturated rings. The third-order valence-corrected chi connectivity index (χ3v) is 1.20. The van der Waals surface area contributed by atoms with E-state index in [0.29, 0.717) is 19.5 Å². The summed E-state index contributed by atoms with van der Waals surface area (Å²) >= 11 is 0. The summed E-state index contributed by atoms with van der Waals surface area (Å²) in [5, 5.41) is 10.9. The van der Waals surface area contributed by atoms with Gasteiger partial charge in [0.2, 0.25) is 5.91 Å². The van der Waals surface area contributed by atoms with Crippen molar-refractivity contribution in [2.75, 3.05) is 13.1 Å². The fourth-order valence-corrected chi connectivity index (χ4v) is 0.532. The molecule has 0 aromatic rings. The fourth-order valence-electron chi connectivity index (χ4n) is 0.532. The van der Waals surface area contributed by atoms with E-state index in [1.165, 1.54) is 0 Å². The van der Waals surface area contributed by atoms with Crippen LogP contribution < -0.4 is 11.1 Å². The highest BCUT2D eigenvalue weighted by molar-refractivity contribution is 5.76. The molecule has 4 heteroatoms. The first kappa shape index (κ1) is 9.92. The maximum atomic E-state index is 10.8. The van der Waals surface area contributed by atoms with Gasteiger partial charge in [-0.2, -0.15) is 5.26 Å². The normalized spacial score (nSPS) is 11.7. The highest BCUT2D eigenvalue weighted by Crippen LogP contribution is 1.87. The Labute approximate surface area is 66.4 Å². The number of rotatable bonds is 4. The monoisotopic (exact) mass is 155 g/mol. The highest BCUT2D eigenvalue weighted by atomic mass is 16.1. The molecule has 1 atom stereocenters. The van der Waals surface area contributed by atoms with Gasteiger partial charge in [0.25, 0.3) is 0 Å². The number of nitrogens with zero attached hydrogens (tertiary/aromatic N) is 1. The molecule has 0 bridgehead atoms. The molecule has 0 aliphatic heterocycles. The molecule has 0 spiro atoms. The molecule has 4 nitrogen and oxygen atoms in total. The van der Waals surface area contributed by atoms with E-state index in [4.69, 9.17) is 11.0 Å². The number of carbonyl (C=O) groups excluding carboxylic acids is 1. The maximum Gasteiger partial charge on any atom is 0.221 e. The van der Waals surface area contributed by atoms with E-state index in [2.05, 4.69) is 5.32 Å². The first-order valence-corrected chi connectivity index (χ1v) is 3.57. The Morgan fingerprint density at radius 1 is 1.82 bits per heavy atom. The van der Waals surface area contributed by atoms with Crippen LogP contribution in [-0.2, 0) is 4.79 Å². The summed E-state index contributed by atoms with van der Waals surface area (Å²) in [7, 11) is 0. The van der Waals surface area contributed by atoms with Crippen LogP contribution >= 0.6 is 0 Å². The molecule has 0 aromatic heterocycles. The van der Waals surface area contributed by atoms with E-state index in [-0.39, 0.29) is 11.8 Å². The van der Waals surface area contributed by atoms with Crippen LogP contribution in [0.15, 0.2) is 0 Å².